The van der Waals surface area contributed by atoms with Crippen LogP contribution >= 0.6 is 0 Å². The number of alkyl halides is 3. The second-order valence-electron chi connectivity index (χ2n) is 9.39. The van der Waals surface area contributed by atoms with Gasteiger partial charge in [-0.3, -0.25) is 4.79 Å². The van der Waals surface area contributed by atoms with Crippen LogP contribution in [0.4, 0.5) is 18.9 Å². The topological polar surface area (TPSA) is 76.8 Å². The minimum atomic E-state index is -4.63. The number of rotatable bonds is 4. The Morgan fingerprint density at radius 1 is 1.26 bits per heavy atom. The molecule has 0 aromatic heterocycles. The number of aliphatic hydroxyl groups is 1. The van der Waals surface area contributed by atoms with Crippen LogP contribution in [0.15, 0.2) is 36.4 Å². The number of halogens is 3. The van der Waals surface area contributed by atoms with Gasteiger partial charge in [0.05, 0.1) is 24.3 Å². The number of carbonyl (C=O) groups is 1. The van der Waals surface area contributed by atoms with Crippen LogP contribution in [0.1, 0.15) is 39.9 Å². The van der Waals surface area contributed by atoms with E-state index in [4.69, 9.17) is 10.00 Å². The van der Waals surface area contributed by atoms with Gasteiger partial charge in [-0.2, -0.15) is 18.4 Å². The molecule has 2 aliphatic rings. The molecule has 2 aliphatic heterocycles. The number of ether oxygens (including phenoxy) is 1. The van der Waals surface area contributed by atoms with Crippen molar-refractivity contribution in [3.05, 3.63) is 58.7 Å². The number of likely N-dealkylation sites (tertiary alicyclic amines) is 1. The summed E-state index contributed by atoms with van der Waals surface area (Å²) < 4.78 is 45.8. The summed E-state index contributed by atoms with van der Waals surface area (Å²) in [5.74, 6) is 0.452. The number of anilines is 1. The Kier molecular flexibility index (Phi) is 6.69. The van der Waals surface area contributed by atoms with Crippen molar-refractivity contribution in [1.82, 2.24) is 4.90 Å². The number of nitriles is 1. The quantitative estimate of drug-likeness (QED) is 0.698. The number of methoxy groups -OCH3 is 1. The summed E-state index contributed by atoms with van der Waals surface area (Å²) in [5, 5.41) is 19.2. The average molecular weight is 488 g/mol. The minimum absolute atomic E-state index is 0.0754. The Morgan fingerprint density at radius 2 is 1.97 bits per heavy atom. The largest absolute Gasteiger partial charge is 0.496 e. The molecular formula is C26H28F3N3O3. The molecule has 4 rings (SSSR count). The monoisotopic (exact) mass is 487 g/mol. The SMILES string of the molecule is COc1cccc(C(=O)N2CCC3(CC2)CN(c2ccc(C#N)c(C(F)(F)F)c2)CC3CO)c1C. The van der Waals surface area contributed by atoms with Crippen molar-refractivity contribution in [2.75, 3.05) is 44.8 Å². The van der Waals surface area contributed by atoms with Crippen molar-refractivity contribution in [2.24, 2.45) is 11.3 Å². The predicted molar refractivity (Wildman–Crippen MR) is 124 cm³/mol. The molecule has 2 saturated heterocycles. The number of carbonyl (C=O) groups excluding carboxylic acids is 1. The summed E-state index contributed by atoms with van der Waals surface area (Å²) in [6.45, 7) is 3.68. The van der Waals surface area contributed by atoms with Crippen molar-refractivity contribution in [2.45, 2.75) is 25.9 Å². The highest BCUT2D eigenvalue weighted by atomic mass is 19.4. The Morgan fingerprint density at radius 3 is 2.57 bits per heavy atom. The standard InChI is InChI=1S/C26H28F3N3O3/c1-17-21(4-3-5-23(17)35-2)24(34)31-10-8-25(9-11-31)16-32(14-19(25)15-33)20-7-6-18(13-30)22(12-20)26(27,28)29/h3-7,12,19,33H,8-11,14-16H2,1-2H3. The summed E-state index contributed by atoms with van der Waals surface area (Å²) in [6, 6.07) is 10.7. The molecule has 1 N–H and O–H groups in total. The minimum Gasteiger partial charge on any atom is -0.496 e. The maximum absolute atomic E-state index is 13.5. The van der Waals surface area contributed by atoms with Gasteiger partial charge in [-0.1, -0.05) is 6.07 Å². The third kappa shape index (κ3) is 4.55. The molecule has 2 heterocycles. The molecule has 9 heteroatoms. The highest BCUT2D eigenvalue weighted by molar-refractivity contribution is 5.96. The zero-order valence-corrected chi connectivity index (χ0v) is 19.7. The first-order valence-electron chi connectivity index (χ1n) is 11.5. The summed E-state index contributed by atoms with van der Waals surface area (Å²) in [6.07, 6.45) is -3.34. The molecule has 2 aromatic rings. The van der Waals surface area contributed by atoms with E-state index in [0.717, 1.165) is 11.6 Å². The Balaban J connectivity index is 1.52. The van der Waals surface area contributed by atoms with Gasteiger partial charge in [-0.05, 0) is 55.5 Å². The normalized spacial score (nSPS) is 19.6. The zero-order chi connectivity index (χ0) is 25.4. The molecule has 1 unspecified atom stereocenters. The maximum atomic E-state index is 13.5. The fourth-order valence-corrected chi connectivity index (χ4v) is 5.50. The molecule has 2 aromatic carbocycles. The van der Waals surface area contributed by atoms with Gasteiger partial charge in [0.25, 0.3) is 5.91 Å². The van der Waals surface area contributed by atoms with E-state index in [1.54, 1.807) is 30.2 Å². The van der Waals surface area contributed by atoms with E-state index in [1.165, 1.54) is 12.1 Å². The molecule has 35 heavy (non-hydrogen) atoms. The lowest BCUT2D eigenvalue weighted by molar-refractivity contribution is -0.137. The van der Waals surface area contributed by atoms with Crippen LogP contribution in [-0.2, 0) is 6.18 Å². The lowest BCUT2D eigenvalue weighted by atomic mass is 9.71. The summed E-state index contributed by atoms with van der Waals surface area (Å²) in [7, 11) is 1.56. The molecule has 1 atom stereocenters. The average Bonchev–Trinajstić information content (AvgIpc) is 3.21. The molecule has 0 radical (unpaired) electrons. The molecule has 1 spiro atoms. The van der Waals surface area contributed by atoms with Crippen LogP contribution in [0.5, 0.6) is 5.75 Å². The van der Waals surface area contributed by atoms with Gasteiger partial charge in [-0.25, -0.2) is 0 Å². The first-order valence-corrected chi connectivity index (χ1v) is 11.5. The molecule has 0 bridgehead atoms. The van der Waals surface area contributed by atoms with Crippen LogP contribution in [0.2, 0.25) is 0 Å². The number of amides is 1. The van der Waals surface area contributed by atoms with E-state index in [9.17, 15) is 23.1 Å². The van der Waals surface area contributed by atoms with Gasteiger partial charge in [0.1, 0.15) is 5.75 Å². The van der Waals surface area contributed by atoms with Crippen LogP contribution in [0, 0.1) is 29.6 Å². The van der Waals surface area contributed by atoms with Gasteiger partial charge < -0.3 is 19.6 Å². The van der Waals surface area contributed by atoms with Gasteiger partial charge in [0.15, 0.2) is 0 Å². The zero-order valence-electron chi connectivity index (χ0n) is 19.7. The van der Waals surface area contributed by atoms with Gasteiger partial charge >= 0.3 is 6.18 Å². The molecular weight excluding hydrogens is 459 g/mol. The second-order valence-corrected chi connectivity index (χ2v) is 9.39. The lowest BCUT2D eigenvalue weighted by Gasteiger charge is -2.42. The molecule has 0 saturated carbocycles. The van der Waals surface area contributed by atoms with Gasteiger partial charge in [0.2, 0.25) is 0 Å². The maximum Gasteiger partial charge on any atom is 0.417 e. The highest BCUT2D eigenvalue weighted by Crippen LogP contribution is 2.47. The van der Waals surface area contributed by atoms with Crippen molar-refractivity contribution >= 4 is 11.6 Å². The van der Waals surface area contributed by atoms with Crippen LogP contribution < -0.4 is 9.64 Å². The fourth-order valence-electron chi connectivity index (χ4n) is 5.50. The number of hydrogen-bond donors (Lipinski definition) is 1. The van der Waals surface area contributed by atoms with Crippen molar-refractivity contribution in [3.63, 3.8) is 0 Å². The molecule has 186 valence electrons. The Labute approximate surface area is 202 Å². The second kappa shape index (κ2) is 9.42. The molecule has 1 amide bonds. The molecule has 6 nitrogen and oxygen atoms in total. The van der Waals surface area contributed by atoms with Gasteiger partial charge in [0, 0.05) is 55.5 Å². The van der Waals surface area contributed by atoms with Crippen LogP contribution in [0.25, 0.3) is 0 Å². The van der Waals surface area contributed by atoms with Crippen molar-refractivity contribution in [1.29, 1.82) is 5.26 Å². The first-order chi connectivity index (χ1) is 16.6. The van der Waals surface area contributed by atoms with E-state index in [-0.39, 0.29) is 23.8 Å². The fraction of sp³-hybridized carbons (Fsp3) is 0.462. The van der Waals surface area contributed by atoms with E-state index in [1.807, 2.05) is 17.9 Å². The van der Waals surface area contributed by atoms with E-state index in [0.29, 0.717) is 56.0 Å². The summed E-state index contributed by atoms with van der Waals surface area (Å²) in [5.41, 5.74) is 0.0891. The summed E-state index contributed by atoms with van der Waals surface area (Å²) in [4.78, 5) is 16.9. The highest BCUT2D eigenvalue weighted by Gasteiger charge is 2.48. The van der Waals surface area contributed by atoms with E-state index < -0.39 is 17.3 Å². The first kappa shape index (κ1) is 24.9. The van der Waals surface area contributed by atoms with Crippen LogP contribution in [-0.4, -0.2) is 55.8 Å². The number of benzene rings is 2. The predicted octanol–water partition coefficient (Wildman–Crippen LogP) is 4.25. The third-order valence-electron chi connectivity index (χ3n) is 7.61. The smallest absolute Gasteiger partial charge is 0.417 e. The number of nitrogens with zero attached hydrogens (tertiary/aromatic N) is 3. The van der Waals surface area contributed by atoms with E-state index >= 15 is 0 Å². The summed E-state index contributed by atoms with van der Waals surface area (Å²) >= 11 is 0. The van der Waals surface area contributed by atoms with Gasteiger partial charge in [-0.15, -0.1) is 0 Å². The molecule has 2 fully saturated rings. The van der Waals surface area contributed by atoms with Crippen molar-refractivity contribution in [3.8, 4) is 11.8 Å². The Hall–Kier alpha value is -3.25. The number of aliphatic hydroxyl groups excluding tert-OH is 1. The van der Waals surface area contributed by atoms with Crippen molar-refractivity contribution < 1.29 is 27.8 Å². The number of hydrogen-bond acceptors (Lipinski definition) is 5. The molecule has 0 aliphatic carbocycles. The Bertz CT molecular complexity index is 1150. The van der Waals surface area contributed by atoms with Crippen LogP contribution in [0.3, 0.4) is 0 Å². The number of piperidine rings is 1. The lowest BCUT2D eigenvalue weighted by Crippen LogP contribution is -2.47. The third-order valence-corrected chi connectivity index (χ3v) is 7.61. The van der Waals surface area contributed by atoms with E-state index in [2.05, 4.69) is 0 Å².